The fraction of sp³-hybridized carbons (Fsp3) is 0.300. The summed E-state index contributed by atoms with van der Waals surface area (Å²) in [6.07, 6.45) is 0. The van der Waals surface area contributed by atoms with E-state index in [0.29, 0.717) is 5.56 Å². The summed E-state index contributed by atoms with van der Waals surface area (Å²) < 4.78 is 0.810. The first-order valence-electron chi connectivity index (χ1n) is 4.46. The third-order valence-electron chi connectivity index (χ3n) is 1.83. The van der Waals surface area contributed by atoms with Crippen molar-refractivity contribution in [1.82, 2.24) is 0 Å². The second-order valence-electron chi connectivity index (χ2n) is 3.17. The fourth-order valence-electron chi connectivity index (χ4n) is 1.06. The van der Waals surface area contributed by atoms with Gasteiger partial charge >= 0.3 is 0 Å². The van der Waals surface area contributed by atoms with Crippen LogP contribution in [0.2, 0.25) is 0 Å². The lowest BCUT2D eigenvalue weighted by molar-refractivity contribution is 0.300. The zero-order valence-electron chi connectivity index (χ0n) is 8.33. The normalized spacial score (nSPS) is 12.5. The van der Waals surface area contributed by atoms with E-state index in [0.717, 1.165) is 9.37 Å². The zero-order chi connectivity index (χ0) is 11.4. The second kappa shape index (κ2) is 5.53. The molecule has 4 N–H and O–H groups in total. The molecule has 0 saturated carbocycles. The number of amidine groups is 1. The van der Waals surface area contributed by atoms with Crippen molar-refractivity contribution < 1.29 is 5.11 Å². The number of halogens is 1. The Morgan fingerprint density at radius 1 is 1.67 bits per heavy atom. The average molecular weight is 289 g/mol. The summed E-state index contributed by atoms with van der Waals surface area (Å²) in [5.74, 6) is 0.0497. The average Bonchev–Trinajstić information content (AvgIpc) is 2.17. The Kier molecular flexibility index (Phi) is 4.63. The Bertz CT molecular complexity index is 370. The van der Waals surface area contributed by atoms with Gasteiger partial charge in [-0.3, -0.25) is 5.41 Å². The maximum Gasteiger partial charge on any atom is 0.123 e. The van der Waals surface area contributed by atoms with Gasteiger partial charge in [-0.2, -0.15) is 0 Å². The minimum atomic E-state index is 0.0497. The van der Waals surface area contributed by atoms with E-state index < -0.39 is 0 Å². The quantitative estimate of drug-likeness (QED) is 0.452. The number of benzene rings is 1. The van der Waals surface area contributed by atoms with Gasteiger partial charge in [0.05, 0.1) is 6.61 Å². The third kappa shape index (κ3) is 3.52. The SMILES string of the molecule is CC(CO)Sc1ccc(C(=N)N)c(Br)c1. The topological polar surface area (TPSA) is 70.1 Å². The number of hydrogen-bond donors (Lipinski definition) is 3. The van der Waals surface area contributed by atoms with Gasteiger partial charge in [0, 0.05) is 20.2 Å². The Morgan fingerprint density at radius 3 is 2.80 bits per heavy atom. The van der Waals surface area contributed by atoms with E-state index in [1.165, 1.54) is 0 Å². The number of aliphatic hydroxyl groups excluding tert-OH is 1. The predicted molar refractivity (Wildman–Crippen MR) is 67.6 cm³/mol. The molecule has 0 aliphatic carbocycles. The molecular weight excluding hydrogens is 276 g/mol. The number of aliphatic hydroxyl groups is 1. The Hall–Kier alpha value is -0.520. The summed E-state index contributed by atoms with van der Waals surface area (Å²) >= 11 is 4.95. The Labute approximate surface area is 102 Å². The summed E-state index contributed by atoms with van der Waals surface area (Å²) in [5, 5.41) is 16.4. The van der Waals surface area contributed by atoms with Crippen LogP contribution in [0.3, 0.4) is 0 Å². The van der Waals surface area contributed by atoms with Gasteiger partial charge in [-0.25, -0.2) is 0 Å². The van der Waals surface area contributed by atoms with Crippen molar-refractivity contribution in [2.75, 3.05) is 6.61 Å². The first kappa shape index (κ1) is 12.5. The monoisotopic (exact) mass is 288 g/mol. The molecule has 0 amide bonds. The highest BCUT2D eigenvalue weighted by molar-refractivity contribution is 9.10. The number of rotatable bonds is 4. The highest BCUT2D eigenvalue weighted by atomic mass is 79.9. The number of nitrogens with one attached hydrogen (secondary N) is 1. The molecule has 0 saturated heterocycles. The van der Waals surface area contributed by atoms with E-state index in [1.807, 2.05) is 19.1 Å². The van der Waals surface area contributed by atoms with Crippen LogP contribution in [-0.2, 0) is 0 Å². The maximum atomic E-state index is 8.92. The molecule has 1 rings (SSSR count). The molecule has 5 heteroatoms. The van der Waals surface area contributed by atoms with Gasteiger partial charge in [0.2, 0.25) is 0 Å². The highest BCUT2D eigenvalue weighted by Crippen LogP contribution is 2.27. The molecule has 0 spiro atoms. The van der Waals surface area contributed by atoms with Crippen molar-refractivity contribution in [3.8, 4) is 0 Å². The molecule has 3 nitrogen and oxygen atoms in total. The molecule has 1 unspecified atom stereocenters. The van der Waals surface area contributed by atoms with Gasteiger partial charge in [-0.15, -0.1) is 11.8 Å². The largest absolute Gasteiger partial charge is 0.395 e. The molecule has 15 heavy (non-hydrogen) atoms. The third-order valence-corrected chi connectivity index (χ3v) is 3.56. The van der Waals surface area contributed by atoms with Gasteiger partial charge in [0.1, 0.15) is 5.84 Å². The van der Waals surface area contributed by atoms with Gasteiger partial charge in [-0.1, -0.05) is 6.92 Å². The van der Waals surface area contributed by atoms with E-state index in [4.69, 9.17) is 16.2 Å². The molecule has 0 heterocycles. The molecule has 0 fully saturated rings. The number of thioether (sulfide) groups is 1. The fourth-order valence-corrected chi connectivity index (χ4v) is 2.67. The number of nitrogens with two attached hydrogens (primary N) is 1. The predicted octanol–water partition coefficient (Wildman–Crippen LogP) is 2.21. The van der Waals surface area contributed by atoms with E-state index in [-0.39, 0.29) is 17.7 Å². The number of nitrogen functional groups attached to an aromatic ring is 1. The molecule has 1 aromatic carbocycles. The van der Waals surface area contributed by atoms with Crippen LogP contribution in [0.4, 0.5) is 0 Å². The van der Waals surface area contributed by atoms with Gasteiger partial charge in [-0.05, 0) is 34.1 Å². The Morgan fingerprint density at radius 2 is 2.33 bits per heavy atom. The molecule has 1 aromatic rings. The zero-order valence-corrected chi connectivity index (χ0v) is 10.7. The van der Waals surface area contributed by atoms with Crippen LogP contribution in [0.5, 0.6) is 0 Å². The lowest BCUT2D eigenvalue weighted by Crippen LogP contribution is -2.11. The standard InChI is InChI=1S/C10H13BrN2OS/c1-6(5-14)15-7-2-3-8(10(12)13)9(11)4-7/h2-4,6,14H,5H2,1H3,(H3,12,13). The molecular formula is C10H13BrN2OS. The van der Waals surface area contributed by atoms with Crippen LogP contribution >= 0.6 is 27.7 Å². The summed E-state index contributed by atoms with van der Waals surface area (Å²) in [6.45, 7) is 2.11. The summed E-state index contributed by atoms with van der Waals surface area (Å²) in [6, 6.07) is 5.62. The van der Waals surface area contributed by atoms with Crippen LogP contribution in [0.25, 0.3) is 0 Å². The summed E-state index contributed by atoms with van der Waals surface area (Å²) in [4.78, 5) is 1.05. The van der Waals surface area contributed by atoms with Crippen molar-refractivity contribution in [3.05, 3.63) is 28.2 Å². The van der Waals surface area contributed by atoms with Crippen LogP contribution < -0.4 is 5.73 Å². The minimum Gasteiger partial charge on any atom is -0.395 e. The molecule has 1 atom stereocenters. The van der Waals surface area contributed by atoms with E-state index in [2.05, 4.69) is 15.9 Å². The van der Waals surface area contributed by atoms with Crippen molar-refractivity contribution in [1.29, 1.82) is 5.41 Å². The molecule has 0 aromatic heterocycles. The smallest absolute Gasteiger partial charge is 0.123 e. The van der Waals surface area contributed by atoms with Crippen LogP contribution in [-0.4, -0.2) is 22.8 Å². The molecule has 0 aliphatic rings. The maximum absolute atomic E-state index is 8.92. The molecule has 0 radical (unpaired) electrons. The van der Waals surface area contributed by atoms with Gasteiger partial charge in [0.25, 0.3) is 0 Å². The van der Waals surface area contributed by atoms with Gasteiger partial charge < -0.3 is 10.8 Å². The van der Waals surface area contributed by atoms with E-state index in [9.17, 15) is 0 Å². The van der Waals surface area contributed by atoms with Crippen molar-refractivity contribution in [2.24, 2.45) is 5.73 Å². The minimum absolute atomic E-state index is 0.0497. The first-order chi connectivity index (χ1) is 7.04. The second-order valence-corrected chi connectivity index (χ2v) is 5.53. The van der Waals surface area contributed by atoms with E-state index >= 15 is 0 Å². The van der Waals surface area contributed by atoms with Crippen molar-refractivity contribution in [2.45, 2.75) is 17.1 Å². The first-order valence-corrected chi connectivity index (χ1v) is 6.13. The highest BCUT2D eigenvalue weighted by Gasteiger charge is 2.07. The van der Waals surface area contributed by atoms with Crippen LogP contribution in [0.1, 0.15) is 12.5 Å². The lowest BCUT2D eigenvalue weighted by Gasteiger charge is -2.09. The lowest BCUT2D eigenvalue weighted by atomic mass is 10.2. The number of hydrogen-bond acceptors (Lipinski definition) is 3. The molecule has 0 bridgehead atoms. The van der Waals surface area contributed by atoms with E-state index in [1.54, 1.807) is 17.8 Å². The Balaban J connectivity index is 2.87. The van der Waals surface area contributed by atoms with Crippen molar-refractivity contribution in [3.63, 3.8) is 0 Å². The van der Waals surface area contributed by atoms with Crippen molar-refractivity contribution >= 4 is 33.5 Å². The van der Waals surface area contributed by atoms with Gasteiger partial charge in [0.15, 0.2) is 0 Å². The summed E-state index contributed by atoms with van der Waals surface area (Å²) in [5.41, 5.74) is 6.09. The molecule has 82 valence electrons. The summed E-state index contributed by atoms with van der Waals surface area (Å²) in [7, 11) is 0. The van der Waals surface area contributed by atoms with Crippen LogP contribution in [0, 0.1) is 5.41 Å². The van der Waals surface area contributed by atoms with Crippen LogP contribution in [0.15, 0.2) is 27.6 Å². The molecule has 0 aliphatic heterocycles.